The molecule has 0 spiro atoms. The molecule has 3 rings (SSSR count). The van der Waals surface area contributed by atoms with Crippen LogP contribution in [0.15, 0.2) is 24.3 Å². The third-order valence-corrected chi connectivity index (χ3v) is 4.67. The lowest BCUT2D eigenvalue weighted by Gasteiger charge is -2.34. The summed E-state index contributed by atoms with van der Waals surface area (Å²) in [4.78, 5) is 26.0. The molecule has 5 heteroatoms. The van der Waals surface area contributed by atoms with Gasteiger partial charge in [-0.3, -0.25) is 9.59 Å². The zero-order valence-electron chi connectivity index (χ0n) is 12.6. The molecule has 1 heterocycles. The first-order valence-corrected chi connectivity index (χ1v) is 7.95. The van der Waals surface area contributed by atoms with Gasteiger partial charge in [0.2, 0.25) is 11.8 Å². The van der Waals surface area contributed by atoms with Gasteiger partial charge in [0.05, 0.1) is 5.92 Å². The van der Waals surface area contributed by atoms with Crippen LogP contribution in [0.3, 0.4) is 0 Å². The summed E-state index contributed by atoms with van der Waals surface area (Å²) in [6, 6.07) is 6.65. The van der Waals surface area contributed by atoms with E-state index in [4.69, 9.17) is 0 Å². The molecule has 22 heavy (non-hydrogen) atoms. The number of carbonyl (C=O) groups is 2. The minimum absolute atomic E-state index is 0.0442. The van der Waals surface area contributed by atoms with Gasteiger partial charge in [0.25, 0.3) is 0 Å². The van der Waals surface area contributed by atoms with Gasteiger partial charge in [-0.1, -0.05) is 12.1 Å². The summed E-state index contributed by atoms with van der Waals surface area (Å²) in [5, 5.41) is 2.89. The fourth-order valence-corrected chi connectivity index (χ4v) is 3.08. The van der Waals surface area contributed by atoms with Crippen molar-refractivity contribution in [2.75, 3.05) is 13.1 Å². The summed E-state index contributed by atoms with van der Waals surface area (Å²) >= 11 is 0. The smallest absolute Gasteiger partial charge is 0.225 e. The molecule has 1 aromatic carbocycles. The second kappa shape index (κ2) is 6.46. The molecule has 1 atom stereocenters. The van der Waals surface area contributed by atoms with Gasteiger partial charge in [-0.2, -0.15) is 0 Å². The Bertz CT molecular complexity index is 554. The first-order valence-electron chi connectivity index (χ1n) is 7.95. The molecule has 0 radical (unpaired) electrons. The van der Waals surface area contributed by atoms with Crippen molar-refractivity contribution in [3.05, 3.63) is 35.6 Å². The summed E-state index contributed by atoms with van der Waals surface area (Å²) in [6.45, 7) is 1.07. The van der Waals surface area contributed by atoms with E-state index in [2.05, 4.69) is 5.32 Å². The number of likely N-dealkylation sites (tertiary alicyclic amines) is 1. The Morgan fingerprint density at radius 3 is 2.64 bits per heavy atom. The molecule has 1 unspecified atom stereocenters. The first-order chi connectivity index (χ1) is 10.6. The maximum atomic E-state index is 12.8. The van der Waals surface area contributed by atoms with Crippen molar-refractivity contribution in [1.29, 1.82) is 0 Å². The molecule has 0 aromatic heterocycles. The van der Waals surface area contributed by atoms with Crippen molar-refractivity contribution in [2.24, 2.45) is 5.92 Å². The number of rotatable bonds is 5. The largest absolute Gasteiger partial charge is 0.355 e. The monoisotopic (exact) mass is 304 g/mol. The van der Waals surface area contributed by atoms with Crippen LogP contribution >= 0.6 is 0 Å². The van der Waals surface area contributed by atoms with Crippen molar-refractivity contribution < 1.29 is 14.0 Å². The maximum absolute atomic E-state index is 12.8. The van der Waals surface area contributed by atoms with Crippen molar-refractivity contribution in [2.45, 2.75) is 38.1 Å². The highest BCUT2D eigenvalue weighted by Crippen LogP contribution is 2.30. The molecule has 0 bridgehead atoms. The van der Waals surface area contributed by atoms with Crippen LogP contribution in [-0.2, 0) is 16.0 Å². The fraction of sp³-hybridized carbons (Fsp3) is 0.529. The predicted octanol–water partition coefficient (Wildman–Crippen LogP) is 1.89. The van der Waals surface area contributed by atoms with Crippen LogP contribution in [0.25, 0.3) is 0 Å². The van der Waals surface area contributed by atoms with Gasteiger partial charge in [-0.25, -0.2) is 4.39 Å². The highest BCUT2D eigenvalue weighted by atomic mass is 19.1. The Morgan fingerprint density at radius 2 is 2.00 bits per heavy atom. The quantitative estimate of drug-likeness (QED) is 0.903. The Kier molecular flexibility index (Phi) is 4.41. The Morgan fingerprint density at radius 1 is 1.27 bits per heavy atom. The van der Waals surface area contributed by atoms with E-state index in [-0.39, 0.29) is 23.5 Å². The third-order valence-electron chi connectivity index (χ3n) is 4.67. The van der Waals surface area contributed by atoms with E-state index in [0.717, 1.165) is 18.4 Å². The van der Waals surface area contributed by atoms with E-state index < -0.39 is 0 Å². The average molecular weight is 304 g/mol. The van der Waals surface area contributed by atoms with Crippen molar-refractivity contribution in [1.82, 2.24) is 10.2 Å². The lowest BCUT2D eigenvalue weighted by molar-refractivity contribution is -0.131. The molecule has 4 nitrogen and oxygen atoms in total. The number of halogens is 1. The summed E-state index contributed by atoms with van der Waals surface area (Å²) in [5.74, 6) is -0.407. The second-order valence-electron chi connectivity index (χ2n) is 6.20. The minimum atomic E-state index is -0.256. The van der Waals surface area contributed by atoms with E-state index >= 15 is 0 Å². The predicted molar refractivity (Wildman–Crippen MR) is 80.6 cm³/mol. The number of hydrogen-bond donors (Lipinski definition) is 1. The van der Waals surface area contributed by atoms with E-state index in [0.29, 0.717) is 32.0 Å². The number of amides is 2. The van der Waals surface area contributed by atoms with E-state index in [1.54, 1.807) is 12.1 Å². The number of nitrogens with one attached hydrogen (secondary N) is 1. The van der Waals surface area contributed by atoms with E-state index in [1.165, 1.54) is 18.6 Å². The molecule has 1 aromatic rings. The fourth-order valence-electron chi connectivity index (χ4n) is 3.08. The standard InChI is InChI=1S/C17H21FN2O2/c18-14-6-4-12(5-7-14)8-9-19-17(22)13-10-16(21)20(11-13)15-2-1-3-15/h4-7,13,15H,1-3,8-11H2,(H,19,22). The number of nitrogens with zero attached hydrogens (tertiary/aromatic N) is 1. The zero-order valence-corrected chi connectivity index (χ0v) is 12.6. The molecule has 1 aliphatic heterocycles. The van der Waals surface area contributed by atoms with Crippen LogP contribution < -0.4 is 5.32 Å². The van der Waals surface area contributed by atoms with Crippen LogP contribution in [0.4, 0.5) is 4.39 Å². The molecule has 1 saturated carbocycles. The summed E-state index contributed by atoms with van der Waals surface area (Å²) in [7, 11) is 0. The number of carbonyl (C=O) groups excluding carboxylic acids is 2. The summed E-state index contributed by atoms with van der Waals surface area (Å²) in [6.07, 6.45) is 4.33. The van der Waals surface area contributed by atoms with Gasteiger partial charge in [-0.05, 0) is 43.4 Å². The zero-order chi connectivity index (χ0) is 15.5. The van der Waals surface area contributed by atoms with Crippen LogP contribution in [0, 0.1) is 11.7 Å². The molecular weight excluding hydrogens is 283 g/mol. The van der Waals surface area contributed by atoms with Crippen LogP contribution in [-0.4, -0.2) is 35.8 Å². The Labute approximate surface area is 129 Å². The molecule has 2 fully saturated rings. The Balaban J connectivity index is 1.44. The maximum Gasteiger partial charge on any atom is 0.225 e. The molecular formula is C17H21FN2O2. The van der Waals surface area contributed by atoms with Crippen LogP contribution in [0.2, 0.25) is 0 Å². The molecule has 1 N–H and O–H groups in total. The van der Waals surface area contributed by atoms with Gasteiger partial charge >= 0.3 is 0 Å². The minimum Gasteiger partial charge on any atom is -0.355 e. The summed E-state index contributed by atoms with van der Waals surface area (Å²) in [5.41, 5.74) is 0.986. The van der Waals surface area contributed by atoms with Gasteiger partial charge in [0.15, 0.2) is 0 Å². The molecule has 1 aliphatic carbocycles. The van der Waals surface area contributed by atoms with Gasteiger partial charge in [-0.15, -0.1) is 0 Å². The summed E-state index contributed by atoms with van der Waals surface area (Å²) < 4.78 is 12.8. The molecule has 118 valence electrons. The highest BCUT2D eigenvalue weighted by Gasteiger charge is 2.39. The molecule has 2 aliphatic rings. The topological polar surface area (TPSA) is 49.4 Å². The van der Waals surface area contributed by atoms with E-state index in [9.17, 15) is 14.0 Å². The van der Waals surface area contributed by atoms with Crippen LogP contribution in [0.5, 0.6) is 0 Å². The van der Waals surface area contributed by atoms with Crippen molar-refractivity contribution in [3.8, 4) is 0 Å². The van der Waals surface area contributed by atoms with Gasteiger partial charge < -0.3 is 10.2 Å². The SMILES string of the molecule is O=C(NCCc1ccc(F)cc1)C1CC(=O)N(C2CCC2)C1. The lowest BCUT2D eigenvalue weighted by Crippen LogP contribution is -2.42. The molecule has 2 amide bonds. The normalized spacial score (nSPS) is 21.8. The highest BCUT2D eigenvalue weighted by molar-refractivity contribution is 5.89. The number of benzene rings is 1. The molecule has 1 saturated heterocycles. The van der Waals surface area contributed by atoms with Gasteiger partial charge in [0, 0.05) is 25.6 Å². The lowest BCUT2D eigenvalue weighted by atomic mass is 9.92. The third kappa shape index (κ3) is 3.29. The number of hydrogen-bond acceptors (Lipinski definition) is 2. The van der Waals surface area contributed by atoms with Crippen molar-refractivity contribution in [3.63, 3.8) is 0 Å². The van der Waals surface area contributed by atoms with Crippen molar-refractivity contribution >= 4 is 11.8 Å². The van der Waals surface area contributed by atoms with Gasteiger partial charge in [0.1, 0.15) is 5.82 Å². The Hall–Kier alpha value is -1.91. The second-order valence-corrected chi connectivity index (χ2v) is 6.20. The first kappa shape index (κ1) is 15.0. The van der Waals surface area contributed by atoms with Crippen LogP contribution in [0.1, 0.15) is 31.2 Å². The van der Waals surface area contributed by atoms with E-state index in [1.807, 2.05) is 4.90 Å². The average Bonchev–Trinajstić information content (AvgIpc) is 2.81.